The fraction of sp³-hybridized carbons (Fsp3) is 0.154. The molecule has 0 unspecified atom stereocenters. The summed E-state index contributed by atoms with van der Waals surface area (Å²) in [5, 5.41) is 3.00. The Bertz CT molecular complexity index is 647. The van der Waals surface area contributed by atoms with Crippen molar-refractivity contribution in [3.05, 3.63) is 46.1 Å². The van der Waals surface area contributed by atoms with E-state index in [0.29, 0.717) is 16.0 Å². The lowest BCUT2D eigenvalue weighted by atomic mass is 10.2. The van der Waals surface area contributed by atoms with Gasteiger partial charge in [-0.2, -0.15) is 0 Å². The molecule has 1 N–H and O–H groups in total. The van der Waals surface area contributed by atoms with Gasteiger partial charge in [-0.05, 0) is 40.5 Å². The number of methoxy groups -OCH3 is 1. The zero-order valence-corrected chi connectivity index (χ0v) is 12.4. The summed E-state index contributed by atoms with van der Waals surface area (Å²) in [6.07, 6.45) is 2.71. The Morgan fingerprint density at radius 2 is 2.10 bits per heavy atom. The van der Waals surface area contributed by atoms with E-state index < -0.39 is 5.97 Å². The van der Waals surface area contributed by atoms with E-state index in [9.17, 15) is 9.18 Å². The van der Waals surface area contributed by atoms with Gasteiger partial charge in [0.1, 0.15) is 11.6 Å². The first kappa shape index (κ1) is 14.4. The Kier molecular flexibility index (Phi) is 4.29. The number of hydrogen-bond acceptors (Lipinski definition) is 5. The van der Waals surface area contributed by atoms with E-state index in [0.717, 1.165) is 5.56 Å². The fourth-order valence-corrected chi connectivity index (χ4v) is 1.86. The van der Waals surface area contributed by atoms with Crippen molar-refractivity contribution in [1.82, 2.24) is 9.97 Å². The summed E-state index contributed by atoms with van der Waals surface area (Å²) in [4.78, 5) is 19.2. The van der Waals surface area contributed by atoms with Crippen molar-refractivity contribution in [2.45, 2.75) is 6.92 Å². The second kappa shape index (κ2) is 5.96. The standard InChI is InChI=1S/C13H11BrFN3O2/c1-7-3-9(15)8(14)4-10(7)18-12-6-16-11(5-17-12)13(19)20-2/h3-6H,1-2H3,(H,17,18). The van der Waals surface area contributed by atoms with Gasteiger partial charge in [0, 0.05) is 5.69 Å². The number of nitrogens with one attached hydrogen (secondary N) is 1. The van der Waals surface area contributed by atoms with Crippen molar-refractivity contribution >= 4 is 33.4 Å². The number of hydrogen-bond donors (Lipinski definition) is 1. The number of benzene rings is 1. The van der Waals surface area contributed by atoms with Crippen LogP contribution in [0.5, 0.6) is 0 Å². The predicted octanol–water partition coefficient (Wildman–Crippen LogP) is 3.22. The number of esters is 1. The minimum Gasteiger partial charge on any atom is -0.464 e. The van der Waals surface area contributed by atoms with E-state index in [4.69, 9.17) is 0 Å². The molecule has 7 heteroatoms. The molecule has 0 fully saturated rings. The molecule has 0 atom stereocenters. The molecule has 5 nitrogen and oxygen atoms in total. The van der Waals surface area contributed by atoms with Crippen molar-refractivity contribution in [1.29, 1.82) is 0 Å². The minimum absolute atomic E-state index is 0.120. The van der Waals surface area contributed by atoms with Crippen molar-refractivity contribution in [3.8, 4) is 0 Å². The molecule has 2 aromatic rings. The van der Waals surface area contributed by atoms with Gasteiger partial charge in [-0.1, -0.05) is 0 Å². The van der Waals surface area contributed by atoms with E-state index in [1.165, 1.54) is 25.6 Å². The Hall–Kier alpha value is -2.02. The van der Waals surface area contributed by atoms with E-state index in [1.54, 1.807) is 13.0 Å². The first-order chi connectivity index (χ1) is 9.51. The summed E-state index contributed by atoms with van der Waals surface area (Å²) >= 11 is 3.12. The van der Waals surface area contributed by atoms with Crippen LogP contribution in [-0.2, 0) is 4.74 Å². The van der Waals surface area contributed by atoms with Crippen LogP contribution >= 0.6 is 15.9 Å². The molecule has 0 aliphatic carbocycles. The number of anilines is 2. The smallest absolute Gasteiger partial charge is 0.358 e. The Morgan fingerprint density at radius 1 is 1.35 bits per heavy atom. The second-order valence-corrected chi connectivity index (χ2v) is 4.84. The molecule has 1 aromatic heterocycles. The zero-order valence-electron chi connectivity index (χ0n) is 10.8. The molecule has 0 radical (unpaired) electrons. The molecule has 2 rings (SSSR count). The number of aromatic nitrogens is 2. The van der Waals surface area contributed by atoms with Gasteiger partial charge in [-0.3, -0.25) is 0 Å². The van der Waals surface area contributed by atoms with Crippen LogP contribution in [0.25, 0.3) is 0 Å². The average molecular weight is 340 g/mol. The number of carbonyl (C=O) groups is 1. The number of aryl methyl sites for hydroxylation is 1. The summed E-state index contributed by atoms with van der Waals surface area (Å²) in [6, 6.07) is 3.02. The predicted molar refractivity (Wildman–Crippen MR) is 75.5 cm³/mol. The van der Waals surface area contributed by atoms with Gasteiger partial charge in [-0.25, -0.2) is 19.2 Å². The van der Waals surface area contributed by atoms with Crippen molar-refractivity contribution in [2.24, 2.45) is 0 Å². The minimum atomic E-state index is -0.551. The molecule has 0 saturated heterocycles. The van der Waals surface area contributed by atoms with Crippen LogP contribution < -0.4 is 5.32 Å². The Labute approximate surface area is 123 Å². The highest BCUT2D eigenvalue weighted by Crippen LogP contribution is 2.26. The number of nitrogens with zero attached hydrogens (tertiary/aromatic N) is 2. The zero-order chi connectivity index (χ0) is 14.7. The molecule has 0 aliphatic heterocycles. The quantitative estimate of drug-likeness (QED) is 0.870. The fourth-order valence-electron chi connectivity index (χ4n) is 1.52. The first-order valence-corrected chi connectivity index (χ1v) is 6.43. The Morgan fingerprint density at radius 3 is 2.70 bits per heavy atom. The third-order valence-corrected chi connectivity index (χ3v) is 3.18. The van der Waals surface area contributed by atoms with Crippen molar-refractivity contribution in [3.63, 3.8) is 0 Å². The van der Waals surface area contributed by atoms with Gasteiger partial charge < -0.3 is 10.1 Å². The number of rotatable bonds is 3. The normalized spacial score (nSPS) is 10.2. The molecule has 1 heterocycles. The topological polar surface area (TPSA) is 64.1 Å². The summed E-state index contributed by atoms with van der Waals surface area (Å²) in [6.45, 7) is 1.77. The molecule has 0 aliphatic rings. The van der Waals surface area contributed by atoms with Crippen molar-refractivity contribution in [2.75, 3.05) is 12.4 Å². The van der Waals surface area contributed by atoms with Gasteiger partial charge in [0.05, 0.1) is 24.0 Å². The summed E-state index contributed by atoms with van der Waals surface area (Å²) in [5.41, 5.74) is 1.54. The van der Waals surface area contributed by atoms with Gasteiger partial charge in [-0.15, -0.1) is 0 Å². The van der Waals surface area contributed by atoms with Crippen LogP contribution in [0.15, 0.2) is 29.0 Å². The lowest BCUT2D eigenvalue weighted by Gasteiger charge is -2.09. The highest BCUT2D eigenvalue weighted by atomic mass is 79.9. The maximum atomic E-state index is 13.3. The third kappa shape index (κ3) is 3.11. The van der Waals surface area contributed by atoms with Crippen molar-refractivity contribution < 1.29 is 13.9 Å². The van der Waals surface area contributed by atoms with Crippen LogP contribution in [0, 0.1) is 12.7 Å². The highest BCUT2D eigenvalue weighted by Gasteiger charge is 2.09. The molecule has 20 heavy (non-hydrogen) atoms. The molecule has 0 amide bonds. The molecular weight excluding hydrogens is 329 g/mol. The number of carbonyl (C=O) groups excluding carboxylic acids is 1. The van der Waals surface area contributed by atoms with Gasteiger partial charge in [0.2, 0.25) is 0 Å². The van der Waals surface area contributed by atoms with Crippen LogP contribution in [0.2, 0.25) is 0 Å². The first-order valence-electron chi connectivity index (χ1n) is 5.64. The maximum absolute atomic E-state index is 13.3. The van der Waals surface area contributed by atoms with E-state index in [2.05, 4.69) is 36.0 Å². The molecular formula is C13H11BrFN3O2. The molecule has 1 aromatic carbocycles. The van der Waals surface area contributed by atoms with Crippen LogP contribution in [0.1, 0.15) is 16.1 Å². The third-order valence-electron chi connectivity index (χ3n) is 2.58. The molecule has 0 bridgehead atoms. The van der Waals surface area contributed by atoms with Crippen LogP contribution in [0.3, 0.4) is 0 Å². The SMILES string of the molecule is COC(=O)c1cnc(Nc2cc(Br)c(F)cc2C)cn1. The van der Waals surface area contributed by atoms with E-state index in [-0.39, 0.29) is 11.5 Å². The highest BCUT2D eigenvalue weighted by molar-refractivity contribution is 9.10. The Balaban J connectivity index is 2.22. The largest absolute Gasteiger partial charge is 0.464 e. The monoisotopic (exact) mass is 339 g/mol. The summed E-state index contributed by atoms with van der Waals surface area (Å²) in [5.74, 6) is -0.441. The lowest BCUT2D eigenvalue weighted by Crippen LogP contribution is -2.06. The van der Waals surface area contributed by atoms with Gasteiger partial charge in [0.15, 0.2) is 5.69 Å². The second-order valence-electron chi connectivity index (χ2n) is 3.98. The summed E-state index contributed by atoms with van der Waals surface area (Å²) < 4.78 is 18.2. The number of halogens is 2. The van der Waals surface area contributed by atoms with E-state index in [1.807, 2.05) is 0 Å². The van der Waals surface area contributed by atoms with Crippen LogP contribution in [0.4, 0.5) is 15.9 Å². The number of ether oxygens (including phenoxy) is 1. The molecule has 0 saturated carbocycles. The molecule has 104 valence electrons. The summed E-state index contributed by atoms with van der Waals surface area (Å²) in [7, 11) is 1.27. The lowest BCUT2D eigenvalue weighted by molar-refractivity contribution is 0.0593. The van der Waals surface area contributed by atoms with Gasteiger partial charge >= 0.3 is 5.97 Å². The van der Waals surface area contributed by atoms with E-state index >= 15 is 0 Å². The maximum Gasteiger partial charge on any atom is 0.358 e. The average Bonchev–Trinajstić information content (AvgIpc) is 2.44. The molecule has 0 spiro atoms. The van der Waals surface area contributed by atoms with Gasteiger partial charge in [0.25, 0.3) is 0 Å². The van der Waals surface area contributed by atoms with Crippen LogP contribution in [-0.4, -0.2) is 23.0 Å².